The predicted octanol–water partition coefficient (Wildman–Crippen LogP) is 5.03. The van der Waals surface area contributed by atoms with Crippen molar-refractivity contribution in [2.24, 2.45) is 11.3 Å². The molecule has 3 aromatic rings. The van der Waals surface area contributed by atoms with Gasteiger partial charge < -0.3 is 24.8 Å². The second kappa shape index (κ2) is 11.1. The van der Waals surface area contributed by atoms with Crippen LogP contribution in [0, 0.1) is 11.3 Å². The van der Waals surface area contributed by atoms with Crippen LogP contribution in [0.1, 0.15) is 63.9 Å². The highest BCUT2D eigenvalue weighted by Gasteiger charge is 2.34. The van der Waals surface area contributed by atoms with Gasteiger partial charge in [0.2, 0.25) is 5.91 Å². The minimum absolute atomic E-state index is 0.0443. The van der Waals surface area contributed by atoms with Crippen molar-refractivity contribution in [2.75, 3.05) is 19.7 Å². The monoisotopic (exact) mass is 554 g/mol. The van der Waals surface area contributed by atoms with Crippen molar-refractivity contribution in [3.05, 3.63) is 40.9 Å². The number of nitrogens with one attached hydrogen (secondary N) is 1. The van der Waals surface area contributed by atoms with Gasteiger partial charge in [-0.1, -0.05) is 35.9 Å². The molecular formula is C29H35ClN4O5. The van der Waals surface area contributed by atoms with Gasteiger partial charge in [-0.05, 0) is 57.1 Å². The lowest BCUT2D eigenvalue weighted by molar-refractivity contribution is -0.144. The molecule has 2 aromatic heterocycles. The third kappa shape index (κ3) is 5.89. The zero-order valence-corrected chi connectivity index (χ0v) is 23.1. The molecule has 1 saturated heterocycles. The first-order valence-electron chi connectivity index (χ1n) is 13.6. The molecule has 3 N–H and O–H groups in total. The molecule has 0 atom stereocenters. The molecule has 39 heavy (non-hydrogen) atoms. The highest BCUT2D eigenvalue weighted by molar-refractivity contribution is 6.33. The summed E-state index contributed by atoms with van der Waals surface area (Å²) in [6, 6.07) is 10.4. The van der Waals surface area contributed by atoms with Crippen LogP contribution in [0.5, 0.6) is 6.01 Å². The number of carboxylic acids is 1. The Hall–Kier alpha value is -3.17. The Balaban J connectivity index is 1.23. The molecular weight excluding hydrogens is 520 g/mol. The van der Waals surface area contributed by atoms with Crippen LogP contribution in [0.3, 0.4) is 0 Å². The van der Waals surface area contributed by atoms with E-state index < -0.39 is 11.4 Å². The fourth-order valence-electron chi connectivity index (χ4n) is 5.57. The summed E-state index contributed by atoms with van der Waals surface area (Å²) in [6.07, 6.45) is 4.46. The number of hydrogen-bond acceptors (Lipinski definition) is 6. The molecule has 5 rings (SSSR count). The first kappa shape index (κ1) is 27.4. The van der Waals surface area contributed by atoms with E-state index >= 15 is 0 Å². The molecule has 3 heterocycles. The van der Waals surface area contributed by atoms with E-state index in [1.807, 2.05) is 12.1 Å². The summed E-state index contributed by atoms with van der Waals surface area (Å²) in [7, 11) is 0. The number of carboxylic acid groups (broad SMARTS) is 1. The van der Waals surface area contributed by atoms with Gasteiger partial charge >= 0.3 is 5.97 Å². The van der Waals surface area contributed by atoms with Crippen molar-refractivity contribution in [1.29, 1.82) is 0 Å². The average Bonchev–Trinajstić information content (AvgIpc) is 3.33. The molecule has 2 aliphatic rings. The number of H-pyrrole nitrogens is 1. The molecule has 2 fully saturated rings. The number of aliphatic hydroxyl groups excluding tert-OH is 1. The Morgan fingerprint density at radius 2 is 1.74 bits per heavy atom. The second-order valence-electron chi connectivity index (χ2n) is 11.4. The van der Waals surface area contributed by atoms with Gasteiger partial charge in [0, 0.05) is 31.5 Å². The van der Waals surface area contributed by atoms with Crippen LogP contribution in [0.15, 0.2) is 30.3 Å². The van der Waals surface area contributed by atoms with E-state index in [2.05, 4.69) is 22.1 Å². The molecule has 0 radical (unpaired) electrons. The van der Waals surface area contributed by atoms with Crippen molar-refractivity contribution < 1.29 is 24.5 Å². The fraction of sp³-hybridized carbons (Fsp3) is 0.517. The van der Waals surface area contributed by atoms with E-state index in [1.54, 1.807) is 24.8 Å². The first-order chi connectivity index (χ1) is 18.6. The van der Waals surface area contributed by atoms with Crippen LogP contribution in [0.2, 0.25) is 5.02 Å². The number of aliphatic hydroxyl groups is 1. The number of ether oxygens (including phenoxy) is 1. The van der Waals surface area contributed by atoms with Gasteiger partial charge in [0.1, 0.15) is 6.10 Å². The molecule has 1 saturated carbocycles. The van der Waals surface area contributed by atoms with Gasteiger partial charge in [-0.25, -0.2) is 4.98 Å². The number of imidazole rings is 1. The Labute approximate surface area is 232 Å². The number of fused-ring (bicyclic) bond motifs is 1. The van der Waals surface area contributed by atoms with Gasteiger partial charge in [0.25, 0.3) is 6.01 Å². The van der Waals surface area contributed by atoms with Gasteiger partial charge in [0.15, 0.2) is 5.65 Å². The van der Waals surface area contributed by atoms with Crippen LogP contribution in [-0.2, 0) is 9.59 Å². The number of aromatic amines is 1. The fourth-order valence-corrected chi connectivity index (χ4v) is 5.83. The zero-order chi connectivity index (χ0) is 27.7. The quantitative estimate of drug-likeness (QED) is 0.374. The number of rotatable bonds is 7. The van der Waals surface area contributed by atoms with Crippen LogP contribution in [0.4, 0.5) is 0 Å². The lowest BCUT2D eigenvalue weighted by atomic mass is 9.78. The van der Waals surface area contributed by atoms with Crippen LogP contribution >= 0.6 is 11.6 Å². The van der Waals surface area contributed by atoms with Crippen LogP contribution < -0.4 is 4.74 Å². The summed E-state index contributed by atoms with van der Waals surface area (Å²) in [5, 5.41) is 19.2. The summed E-state index contributed by atoms with van der Waals surface area (Å²) < 4.78 is 6.10. The maximum Gasteiger partial charge on any atom is 0.306 e. The van der Waals surface area contributed by atoms with E-state index in [-0.39, 0.29) is 24.5 Å². The summed E-state index contributed by atoms with van der Waals surface area (Å²) >= 11 is 6.61. The summed E-state index contributed by atoms with van der Waals surface area (Å²) in [5.74, 6) is -0.582. The van der Waals surface area contributed by atoms with E-state index in [0.29, 0.717) is 72.6 Å². The number of halogens is 1. The first-order valence-corrected chi connectivity index (χ1v) is 14.0. The standard InChI is InChI=1S/C29H35ClN4O5/c1-29(2,16-35)27(38)34-13-11-21(12-14-34)39-28-31-23-15-22(30)24(32-25(23)33-28)19-7-3-17(4-8-19)18-5-9-20(10-6-18)26(36)37/h3-4,7-8,15,18,20-21,35H,5-6,9-14,16H2,1-2H3,(H,36,37)(H,31,32,33). The molecule has 9 nitrogen and oxygen atoms in total. The Kier molecular flexibility index (Phi) is 7.82. The maximum atomic E-state index is 12.6. The third-order valence-electron chi connectivity index (χ3n) is 8.12. The number of aliphatic carboxylic acids is 1. The number of piperidine rings is 1. The number of nitrogens with zero attached hydrogens (tertiary/aromatic N) is 3. The van der Waals surface area contributed by atoms with E-state index in [4.69, 9.17) is 21.3 Å². The predicted molar refractivity (Wildman–Crippen MR) is 148 cm³/mol. The smallest absolute Gasteiger partial charge is 0.306 e. The van der Waals surface area contributed by atoms with Gasteiger partial charge in [-0.3, -0.25) is 9.59 Å². The van der Waals surface area contributed by atoms with Crippen molar-refractivity contribution >= 4 is 34.6 Å². The molecule has 1 aromatic carbocycles. The second-order valence-corrected chi connectivity index (χ2v) is 11.8. The number of aromatic nitrogens is 3. The van der Waals surface area contributed by atoms with Crippen molar-refractivity contribution in [3.63, 3.8) is 0 Å². The number of carbonyl (C=O) groups excluding carboxylic acids is 1. The molecule has 208 valence electrons. The van der Waals surface area contributed by atoms with Gasteiger partial charge in [0.05, 0.1) is 34.2 Å². The van der Waals surface area contributed by atoms with E-state index in [0.717, 1.165) is 18.4 Å². The molecule has 1 aliphatic heterocycles. The van der Waals surface area contributed by atoms with E-state index in [1.165, 1.54) is 5.56 Å². The maximum absolute atomic E-state index is 12.6. The molecule has 10 heteroatoms. The SMILES string of the molecule is CC(C)(CO)C(=O)N1CCC(Oc2nc3nc(-c4ccc(C5CCC(C(=O)O)CC5)cc4)c(Cl)cc3[nH]2)CC1. The van der Waals surface area contributed by atoms with E-state index in [9.17, 15) is 19.8 Å². The van der Waals surface area contributed by atoms with Crippen LogP contribution in [-0.4, -0.2) is 67.7 Å². The average molecular weight is 555 g/mol. The lowest BCUT2D eigenvalue weighted by Crippen LogP contribution is -2.48. The van der Waals surface area contributed by atoms with Gasteiger partial charge in [-0.2, -0.15) is 4.98 Å². The Bertz CT molecular complexity index is 1340. The number of carbonyl (C=O) groups is 2. The number of benzene rings is 1. The van der Waals surface area contributed by atoms with Crippen LogP contribution in [0.25, 0.3) is 22.4 Å². The highest BCUT2D eigenvalue weighted by Crippen LogP contribution is 2.37. The Morgan fingerprint density at radius 3 is 2.36 bits per heavy atom. The normalized spacial score (nSPS) is 20.8. The number of hydrogen-bond donors (Lipinski definition) is 3. The summed E-state index contributed by atoms with van der Waals surface area (Å²) in [4.78, 5) is 38.1. The molecule has 1 amide bonds. The van der Waals surface area contributed by atoms with Crippen molar-refractivity contribution in [1.82, 2.24) is 19.9 Å². The third-order valence-corrected chi connectivity index (χ3v) is 8.41. The minimum Gasteiger partial charge on any atom is -0.481 e. The topological polar surface area (TPSA) is 129 Å². The highest BCUT2D eigenvalue weighted by atomic mass is 35.5. The number of pyridine rings is 1. The van der Waals surface area contributed by atoms with Crippen molar-refractivity contribution in [2.45, 2.75) is 64.4 Å². The molecule has 0 bridgehead atoms. The summed E-state index contributed by atoms with van der Waals surface area (Å²) in [5.41, 5.74) is 3.15. The molecule has 1 aliphatic carbocycles. The lowest BCUT2D eigenvalue weighted by Gasteiger charge is -2.36. The molecule has 0 unspecified atom stereocenters. The van der Waals surface area contributed by atoms with Gasteiger partial charge in [-0.15, -0.1) is 0 Å². The number of likely N-dealkylation sites (tertiary alicyclic amines) is 1. The summed E-state index contributed by atoms with van der Waals surface area (Å²) in [6.45, 7) is 4.46. The minimum atomic E-state index is -0.781. The molecule has 0 spiro atoms. The number of amides is 1. The van der Waals surface area contributed by atoms with Crippen molar-refractivity contribution in [3.8, 4) is 17.3 Å². The largest absolute Gasteiger partial charge is 0.481 e. The Morgan fingerprint density at radius 1 is 1.08 bits per heavy atom. The zero-order valence-electron chi connectivity index (χ0n) is 22.3.